The van der Waals surface area contributed by atoms with Gasteiger partial charge in [-0.3, -0.25) is 9.98 Å². The molecule has 192 valence electrons. The number of pyridine rings is 1. The summed E-state index contributed by atoms with van der Waals surface area (Å²) in [5.74, 6) is -2.43. The zero-order valence-electron chi connectivity index (χ0n) is 20.8. The number of nitrogens with one attached hydrogen (secondary N) is 1. The monoisotopic (exact) mass is 501 g/mol. The van der Waals surface area contributed by atoms with Gasteiger partial charge in [-0.05, 0) is 69.8 Å². The van der Waals surface area contributed by atoms with Crippen LogP contribution in [0.5, 0.6) is 0 Å². The van der Waals surface area contributed by atoms with Gasteiger partial charge >= 0.3 is 0 Å². The first-order valence-corrected chi connectivity index (χ1v) is 11.9. The Morgan fingerprint density at radius 2 is 1.86 bits per heavy atom. The number of aromatic nitrogens is 3. The molecule has 0 unspecified atom stereocenters. The maximum absolute atomic E-state index is 14.3. The van der Waals surface area contributed by atoms with E-state index in [-0.39, 0.29) is 11.4 Å². The van der Waals surface area contributed by atoms with Crippen LogP contribution < -0.4 is 16.0 Å². The summed E-state index contributed by atoms with van der Waals surface area (Å²) in [5.41, 5.74) is 1.50. The van der Waals surface area contributed by atoms with Crippen LogP contribution >= 0.6 is 0 Å². The lowest BCUT2D eigenvalue weighted by Crippen LogP contribution is -2.36. The first-order chi connectivity index (χ1) is 17.2. The van der Waals surface area contributed by atoms with Crippen molar-refractivity contribution in [1.29, 1.82) is 0 Å². The molecule has 0 saturated carbocycles. The minimum absolute atomic E-state index is 0.175. The minimum Gasteiger partial charge on any atom is -0.324 e. The van der Waals surface area contributed by atoms with Crippen molar-refractivity contribution in [2.24, 2.45) is 10.9 Å². The van der Waals surface area contributed by atoms with E-state index in [1.807, 2.05) is 20.8 Å². The van der Waals surface area contributed by atoms with Crippen LogP contribution in [0.4, 0.5) is 17.6 Å². The molecule has 9 heteroatoms. The van der Waals surface area contributed by atoms with Gasteiger partial charge in [0.2, 0.25) is 0 Å². The molecule has 1 saturated heterocycles. The van der Waals surface area contributed by atoms with Crippen molar-refractivity contribution < 1.29 is 17.6 Å². The van der Waals surface area contributed by atoms with Crippen LogP contribution in [0.3, 0.4) is 0 Å². The van der Waals surface area contributed by atoms with Crippen LogP contribution in [0.15, 0.2) is 35.6 Å². The fourth-order valence-electron chi connectivity index (χ4n) is 3.91. The number of imidazole rings is 1. The molecule has 1 aliphatic heterocycles. The molecule has 1 fully saturated rings. The number of aryl methyl sites for hydroxylation is 1. The molecule has 1 aromatic carbocycles. The number of rotatable bonds is 5. The Morgan fingerprint density at radius 1 is 1.14 bits per heavy atom. The molecule has 3 heterocycles. The predicted molar refractivity (Wildman–Crippen MR) is 135 cm³/mol. The van der Waals surface area contributed by atoms with Crippen LogP contribution in [-0.2, 0) is 13.0 Å². The maximum atomic E-state index is 14.3. The van der Waals surface area contributed by atoms with Crippen molar-refractivity contribution >= 4 is 18.5 Å². The number of halogens is 4. The molecular formula is C27H31F4N5. The molecule has 4 rings (SSSR count). The van der Waals surface area contributed by atoms with Crippen LogP contribution in [0.25, 0.3) is 24.2 Å². The molecule has 3 aromatic rings. The van der Waals surface area contributed by atoms with Crippen molar-refractivity contribution in [1.82, 2.24) is 19.9 Å². The topological polar surface area (TPSA) is 55.1 Å². The first-order valence-electron chi connectivity index (χ1n) is 11.9. The molecule has 1 atom stereocenters. The molecule has 0 amide bonds. The van der Waals surface area contributed by atoms with E-state index in [2.05, 4.69) is 26.9 Å². The van der Waals surface area contributed by atoms with E-state index in [1.54, 1.807) is 16.8 Å². The summed E-state index contributed by atoms with van der Waals surface area (Å²) in [6, 6.07) is 3.95. The third kappa shape index (κ3) is 6.87. The molecule has 1 N–H and O–H groups in total. The molecular weight excluding hydrogens is 470 g/mol. The fourth-order valence-corrected chi connectivity index (χ4v) is 3.91. The number of aliphatic imine (C=N–C) groups is 1. The summed E-state index contributed by atoms with van der Waals surface area (Å²) in [7, 11) is 0. The number of hydrogen-bond acceptors (Lipinski definition) is 4. The van der Waals surface area contributed by atoms with E-state index < -0.39 is 23.3 Å². The van der Waals surface area contributed by atoms with Gasteiger partial charge in [0.1, 0.15) is 11.2 Å². The lowest BCUT2D eigenvalue weighted by Gasteiger charge is -2.24. The highest BCUT2D eigenvalue weighted by atomic mass is 19.2. The Bertz CT molecular complexity index is 1300. The largest absolute Gasteiger partial charge is 0.324 e. The van der Waals surface area contributed by atoms with Crippen LogP contribution in [0.1, 0.15) is 39.2 Å². The van der Waals surface area contributed by atoms with E-state index in [1.165, 1.54) is 6.07 Å². The Balaban J connectivity index is 0.000000303. The van der Waals surface area contributed by atoms with Gasteiger partial charge in [-0.15, -0.1) is 0 Å². The van der Waals surface area contributed by atoms with Crippen LogP contribution in [0, 0.1) is 29.2 Å². The first kappa shape index (κ1) is 27.3. The summed E-state index contributed by atoms with van der Waals surface area (Å²) >= 11 is 0. The third-order valence-electron chi connectivity index (χ3n) is 5.86. The summed E-state index contributed by atoms with van der Waals surface area (Å²) in [6.45, 7) is 12.2. The molecule has 36 heavy (non-hydrogen) atoms. The van der Waals surface area contributed by atoms with Gasteiger partial charge in [-0.2, -0.15) is 0 Å². The van der Waals surface area contributed by atoms with Gasteiger partial charge in [0, 0.05) is 12.3 Å². The summed E-state index contributed by atoms with van der Waals surface area (Å²) in [6.07, 6.45) is 6.46. The van der Waals surface area contributed by atoms with E-state index in [0.717, 1.165) is 62.1 Å². The van der Waals surface area contributed by atoms with Gasteiger partial charge in [0.15, 0.2) is 23.3 Å². The third-order valence-corrected chi connectivity index (χ3v) is 5.86. The molecule has 0 radical (unpaired) electrons. The number of piperidine rings is 1. The zero-order chi connectivity index (χ0) is 26.2. The van der Waals surface area contributed by atoms with Crippen LogP contribution in [-0.4, -0.2) is 33.3 Å². The summed E-state index contributed by atoms with van der Waals surface area (Å²) in [5, 5.41) is 4.48. The van der Waals surface area contributed by atoms with Gasteiger partial charge in [-0.25, -0.2) is 22.5 Å². The van der Waals surface area contributed by atoms with Gasteiger partial charge in [0.05, 0.1) is 29.5 Å². The highest BCUT2D eigenvalue weighted by molar-refractivity contribution is 5.81. The van der Waals surface area contributed by atoms with E-state index in [4.69, 9.17) is 0 Å². The Morgan fingerprint density at radius 3 is 2.44 bits per heavy atom. The molecule has 5 nitrogen and oxygen atoms in total. The minimum atomic E-state index is -0.780. The number of benzene rings is 1. The predicted octanol–water partition coefficient (Wildman–Crippen LogP) is 4.38. The van der Waals surface area contributed by atoms with Gasteiger partial charge in [0.25, 0.3) is 0 Å². The lowest BCUT2D eigenvalue weighted by atomic mass is 9.99. The number of hydrogen-bond donors (Lipinski definition) is 1. The van der Waals surface area contributed by atoms with E-state index in [0.29, 0.717) is 23.2 Å². The fraction of sp³-hybridized carbons (Fsp3) is 0.370. The molecule has 0 bridgehead atoms. The van der Waals surface area contributed by atoms with Crippen molar-refractivity contribution in [3.63, 3.8) is 0 Å². The van der Waals surface area contributed by atoms with E-state index in [9.17, 15) is 17.6 Å². The summed E-state index contributed by atoms with van der Waals surface area (Å²) in [4.78, 5) is 12.3. The zero-order valence-corrected chi connectivity index (χ0v) is 20.8. The van der Waals surface area contributed by atoms with Crippen LogP contribution in [0.2, 0.25) is 0 Å². The van der Waals surface area contributed by atoms with Crippen molar-refractivity contribution in [3.8, 4) is 11.4 Å². The molecule has 0 aliphatic carbocycles. The second-order valence-electron chi connectivity index (χ2n) is 8.88. The van der Waals surface area contributed by atoms with Gasteiger partial charge in [-0.1, -0.05) is 19.6 Å². The summed E-state index contributed by atoms with van der Waals surface area (Å²) < 4.78 is 55.1. The average Bonchev–Trinajstić information content (AvgIpc) is 3.15. The van der Waals surface area contributed by atoms with E-state index >= 15 is 0 Å². The molecule has 2 aromatic heterocycles. The maximum Gasteiger partial charge on any atom is 0.159 e. The second-order valence-corrected chi connectivity index (χ2v) is 8.88. The Labute approximate surface area is 208 Å². The Kier molecular flexibility index (Phi) is 9.52. The normalized spacial score (nSPS) is 15.9. The SMILES string of the molecule is C=c1/c(=C\N=C(C)C)nc(-c2c(F)cncc2F)n1C[C@H]1CCCNC1.CCc1ccc(F)c(F)c1. The average molecular weight is 502 g/mol. The lowest BCUT2D eigenvalue weighted by molar-refractivity contribution is 0.336. The highest BCUT2D eigenvalue weighted by Gasteiger charge is 2.21. The molecule has 1 aliphatic rings. The standard InChI is InChI=1S/C19H23F2N5.C8H8F2/c1-12(2)24-10-17-13(3)26(11-14-5-4-6-22-7-14)19(25-17)18-15(20)8-23-9-16(18)21;1-2-6-3-4-7(9)8(10)5-6/h8-10,14,22H,3-7,11H2,1-2H3;3-5H,2H2,1H3/b17-10+;/t14-;/m0./s1. The van der Waals surface area contributed by atoms with Gasteiger partial charge < -0.3 is 9.88 Å². The smallest absolute Gasteiger partial charge is 0.159 e. The second kappa shape index (κ2) is 12.6. The highest BCUT2D eigenvalue weighted by Crippen LogP contribution is 2.23. The number of nitrogens with zero attached hydrogens (tertiary/aromatic N) is 4. The quantitative estimate of drug-likeness (QED) is 0.417. The van der Waals surface area contributed by atoms with Crippen molar-refractivity contribution in [2.75, 3.05) is 13.1 Å². The van der Waals surface area contributed by atoms with Crippen molar-refractivity contribution in [2.45, 2.75) is 46.6 Å². The van der Waals surface area contributed by atoms with Crippen molar-refractivity contribution in [3.05, 3.63) is 70.1 Å². The Hall–Kier alpha value is -3.33. The molecule has 0 spiro atoms.